The molecule has 2 saturated carbocycles. The molecule has 1 spiro atoms. The number of nitrogens with zero attached hydrogens (tertiary/aromatic N) is 4. The van der Waals surface area contributed by atoms with Crippen molar-refractivity contribution in [3.8, 4) is 0 Å². The highest BCUT2D eigenvalue weighted by atomic mass is 127. The van der Waals surface area contributed by atoms with Crippen molar-refractivity contribution in [1.29, 1.82) is 0 Å². The van der Waals surface area contributed by atoms with Crippen molar-refractivity contribution in [3.05, 3.63) is 0 Å². The fourth-order valence-corrected chi connectivity index (χ4v) is 5.56. The van der Waals surface area contributed by atoms with Gasteiger partial charge in [-0.15, -0.1) is 24.0 Å². The Labute approximate surface area is 199 Å². The number of carbonyl (C=O) groups excluding carboxylic acids is 1. The maximum absolute atomic E-state index is 12.4. The molecule has 2 heterocycles. The topological polar surface area (TPSA) is 60.4 Å². The van der Waals surface area contributed by atoms with Crippen LogP contribution in [-0.2, 0) is 9.53 Å². The summed E-state index contributed by atoms with van der Waals surface area (Å²) < 4.78 is 6.01. The number of piperazine rings is 1. The largest absolute Gasteiger partial charge is 0.378 e. The van der Waals surface area contributed by atoms with Crippen molar-refractivity contribution in [3.63, 3.8) is 0 Å². The maximum Gasteiger partial charge on any atom is 0.236 e. The minimum Gasteiger partial charge on any atom is -0.378 e. The predicted octanol–water partition coefficient (Wildman–Crippen LogP) is 2.16. The molecule has 2 saturated heterocycles. The number of carbonyl (C=O) groups is 1. The fraction of sp³-hybridized carbons (Fsp3) is 0.909. The van der Waals surface area contributed by atoms with Crippen LogP contribution in [0.15, 0.2) is 4.99 Å². The lowest BCUT2D eigenvalue weighted by molar-refractivity contribution is -0.169. The Bertz CT molecular complexity index is 598. The molecular formula is C22H40IN5O2. The lowest BCUT2D eigenvalue weighted by Crippen LogP contribution is -2.69. The average Bonchev–Trinajstić information content (AvgIpc) is 3.21. The summed E-state index contributed by atoms with van der Waals surface area (Å²) in [6, 6.07) is 0.493. The summed E-state index contributed by atoms with van der Waals surface area (Å²) in [4.78, 5) is 24.0. The molecule has 1 N–H and O–H groups in total. The molecule has 30 heavy (non-hydrogen) atoms. The van der Waals surface area contributed by atoms with Crippen LogP contribution in [0.2, 0.25) is 0 Å². The average molecular weight is 533 g/mol. The maximum atomic E-state index is 12.4. The second-order valence-electron chi connectivity index (χ2n) is 9.11. The van der Waals surface area contributed by atoms with E-state index in [4.69, 9.17) is 9.73 Å². The minimum atomic E-state index is 0. The first-order chi connectivity index (χ1) is 14.2. The number of nitrogens with one attached hydrogen (secondary N) is 1. The van der Waals surface area contributed by atoms with E-state index < -0.39 is 0 Å². The van der Waals surface area contributed by atoms with E-state index in [0.29, 0.717) is 30.0 Å². The van der Waals surface area contributed by atoms with Crippen LogP contribution in [0, 0.1) is 5.41 Å². The lowest BCUT2D eigenvalue weighted by atomic mass is 9.51. The first kappa shape index (κ1) is 24.0. The van der Waals surface area contributed by atoms with Crippen molar-refractivity contribution in [2.45, 2.75) is 64.5 Å². The van der Waals surface area contributed by atoms with Crippen molar-refractivity contribution >= 4 is 35.8 Å². The van der Waals surface area contributed by atoms with Gasteiger partial charge >= 0.3 is 0 Å². The molecule has 0 aromatic carbocycles. The van der Waals surface area contributed by atoms with Crippen LogP contribution >= 0.6 is 24.0 Å². The normalized spacial score (nSPS) is 28.7. The zero-order valence-electron chi connectivity index (χ0n) is 18.8. The van der Waals surface area contributed by atoms with Gasteiger partial charge in [-0.2, -0.15) is 0 Å². The highest BCUT2D eigenvalue weighted by Crippen LogP contribution is 2.57. The molecule has 2 aliphatic heterocycles. The summed E-state index contributed by atoms with van der Waals surface area (Å²) >= 11 is 0. The monoisotopic (exact) mass is 533 g/mol. The molecule has 7 nitrogen and oxygen atoms in total. The molecular weight excluding hydrogens is 493 g/mol. The number of amides is 1. The van der Waals surface area contributed by atoms with E-state index in [9.17, 15) is 4.79 Å². The number of guanidine groups is 1. The number of hydrogen-bond acceptors (Lipinski definition) is 4. The number of aliphatic imine (C=N–C) groups is 1. The number of rotatable bonds is 6. The van der Waals surface area contributed by atoms with Gasteiger partial charge in [0.1, 0.15) is 0 Å². The molecule has 4 rings (SSSR count). The number of halogens is 1. The van der Waals surface area contributed by atoms with Gasteiger partial charge in [0.25, 0.3) is 0 Å². The number of likely N-dealkylation sites (tertiary alicyclic amines) is 1. The predicted molar refractivity (Wildman–Crippen MR) is 130 cm³/mol. The van der Waals surface area contributed by atoms with Gasteiger partial charge in [0.05, 0.1) is 12.6 Å². The smallest absolute Gasteiger partial charge is 0.236 e. The molecule has 2 unspecified atom stereocenters. The molecule has 2 aliphatic carbocycles. The summed E-state index contributed by atoms with van der Waals surface area (Å²) in [6.07, 6.45) is 7.73. The molecule has 8 heteroatoms. The second-order valence-corrected chi connectivity index (χ2v) is 9.11. The summed E-state index contributed by atoms with van der Waals surface area (Å²) in [5.41, 5.74) is 0.342. The quantitative estimate of drug-likeness (QED) is 0.322. The Morgan fingerprint density at radius 1 is 1.03 bits per heavy atom. The molecule has 4 fully saturated rings. The molecule has 1 amide bonds. The summed E-state index contributed by atoms with van der Waals surface area (Å²) in [6.45, 7) is 12.0. The van der Waals surface area contributed by atoms with Crippen molar-refractivity contribution in [2.24, 2.45) is 10.4 Å². The van der Waals surface area contributed by atoms with Crippen LogP contribution in [-0.4, -0.2) is 97.7 Å². The summed E-state index contributed by atoms with van der Waals surface area (Å²) in [5, 5.41) is 3.81. The fourth-order valence-electron chi connectivity index (χ4n) is 5.56. The van der Waals surface area contributed by atoms with Gasteiger partial charge in [0.2, 0.25) is 5.91 Å². The van der Waals surface area contributed by atoms with E-state index in [1.165, 1.54) is 19.3 Å². The van der Waals surface area contributed by atoms with E-state index in [1.54, 1.807) is 0 Å². The third-order valence-electron chi connectivity index (χ3n) is 7.54. The Hall–Kier alpha value is -0.610. The molecule has 0 aromatic rings. The molecule has 0 bridgehead atoms. The minimum absolute atomic E-state index is 0. The molecule has 0 radical (unpaired) electrons. The van der Waals surface area contributed by atoms with Crippen LogP contribution < -0.4 is 5.32 Å². The van der Waals surface area contributed by atoms with E-state index in [2.05, 4.69) is 29.0 Å². The van der Waals surface area contributed by atoms with Crippen LogP contribution in [0.4, 0.5) is 0 Å². The van der Waals surface area contributed by atoms with Gasteiger partial charge in [-0.25, -0.2) is 0 Å². The standard InChI is InChI=1S/C22H39N5O2.HI/c1-3-23-21(24-18-16-19(29-4-2)22(18)8-7-9-22)27-14-12-25(13-15-27)17-20(28)26-10-5-6-11-26;/h18-19H,3-17H2,1-2H3,(H,23,24);1H. The van der Waals surface area contributed by atoms with Gasteiger partial charge in [-0.3, -0.25) is 14.7 Å². The SMILES string of the molecule is CCN=C(NC1CC(OCC)C12CCC2)N1CCN(CC(=O)N2CCCC2)CC1.I. The highest BCUT2D eigenvalue weighted by molar-refractivity contribution is 14.0. The van der Waals surface area contributed by atoms with E-state index in [1.807, 2.05) is 4.90 Å². The summed E-state index contributed by atoms with van der Waals surface area (Å²) in [7, 11) is 0. The third-order valence-corrected chi connectivity index (χ3v) is 7.54. The lowest BCUT2D eigenvalue weighted by Gasteiger charge is -2.61. The Balaban J connectivity index is 0.00000256. The zero-order chi connectivity index (χ0) is 20.3. The molecule has 4 aliphatic rings. The van der Waals surface area contributed by atoms with Crippen LogP contribution in [0.3, 0.4) is 0 Å². The van der Waals surface area contributed by atoms with Crippen LogP contribution in [0.1, 0.15) is 52.4 Å². The molecule has 172 valence electrons. The first-order valence-electron chi connectivity index (χ1n) is 11.8. The second kappa shape index (κ2) is 10.8. The van der Waals surface area contributed by atoms with E-state index in [0.717, 1.165) is 77.6 Å². The Morgan fingerprint density at radius 2 is 1.73 bits per heavy atom. The van der Waals surface area contributed by atoms with Crippen LogP contribution in [0.5, 0.6) is 0 Å². The van der Waals surface area contributed by atoms with Gasteiger partial charge < -0.3 is 19.9 Å². The van der Waals surface area contributed by atoms with E-state index >= 15 is 0 Å². The van der Waals surface area contributed by atoms with E-state index in [-0.39, 0.29) is 24.0 Å². The highest BCUT2D eigenvalue weighted by Gasteiger charge is 2.59. The first-order valence-corrected chi connectivity index (χ1v) is 11.8. The Morgan fingerprint density at radius 3 is 2.30 bits per heavy atom. The van der Waals surface area contributed by atoms with Gasteiger partial charge in [0, 0.05) is 63.9 Å². The third kappa shape index (κ3) is 4.90. The molecule has 2 atom stereocenters. The summed E-state index contributed by atoms with van der Waals surface area (Å²) in [5.74, 6) is 1.36. The zero-order valence-corrected chi connectivity index (χ0v) is 21.1. The van der Waals surface area contributed by atoms with Crippen molar-refractivity contribution in [1.82, 2.24) is 20.0 Å². The Kier molecular flexibility index (Phi) is 8.66. The van der Waals surface area contributed by atoms with Crippen LogP contribution in [0.25, 0.3) is 0 Å². The van der Waals surface area contributed by atoms with Crippen molar-refractivity contribution < 1.29 is 9.53 Å². The van der Waals surface area contributed by atoms with Gasteiger partial charge in [-0.1, -0.05) is 6.42 Å². The van der Waals surface area contributed by atoms with Gasteiger partial charge in [-0.05, 0) is 46.0 Å². The molecule has 0 aromatic heterocycles. The van der Waals surface area contributed by atoms with Gasteiger partial charge in [0.15, 0.2) is 5.96 Å². The number of hydrogen-bond donors (Lipinski definition) is 1. The van der Waals surface area contributed by atoms with Crippen molar-refractivity contribution in [2.75, 3.05) is 59.0 Å². The number of ether oxygens (including phenoxy) is 1.